The van der Waals surface area contributed by atoms with Gasteiger partial charge < -0.3 is 4.52 Å². The van der Waals surface area contributed by atoms with Gasteiger partial charge in [0.1, 0.15) is 0 Å². The number of aryl methyl sites for hydroxylation is 1. The molecule has 0 radical (unpaired) electrons. The van der Waals surface area contributed by atoms with E-state index < -0.39 is 0 Å². The molecule has 0 saturated heterocycles. The maximum atomic E-state index is 11.8. The van der Waals surface area contributed by atoms with Gasteiger partial charge in [-0.2, -0.15) is 4.98 Å². The van der Waals surface area contributed by atoms with Crippen molar-refractivity contribution in [1.82, 2.24) is 10.1 Å². The van der Waals surface area contributed by atoms with E-state index in [2.05, 4.69) is 10.1 Å². The fourth-order valence-corrected chi connectivity index (χ4v) is 1.94. The van der Waals surface area contributed by atoms with E-state index in [0.29, 0.717) is 34.8 Å². The minimum absolute atomic E-state index is 0.166. The Morgan fingerprint density at radius 3 is 2.53 bits per heavy atom. The van der Waals surface area contributed by atoms with Crippen LogP contribution in [0.25, 0.3) is 11.5 Å². The highest BCUT2D eigenvalue weighted by Crippen LogP contribution is 2.24. The van der Waals surface area contributed by atoms with Crippen LogP contribution < -0.4 is 0 Å². The quantitative estimate of drug-likeness (QED) is 0.821. The van der Waals surface area contributed by atoms with E-state index >= 15 is 0 Å². The first-order chi connectivity index (χ1) is 9.19. The van der Waals surface area contributed by atoms with Crippen LogP contribution in [0.1, 0.15) is 33.5 Å². The fourth-order valence-electron chi connectivity index (χ4n) is 1.94. The van der Waals surface area contributed by atoms with Crippen molar-refractivity contribution >= 4 is 11.6 Å². The molecule has 1 heterocycles. The van der Waals surface area contributed by atoms with Crippen LogP contribution in [0.4, 0.5) is 0 Å². The van der Waals surface area contributed by atoms with Crippen LogP contribution in [-0.2, 0) is 6.42 Å². The highest BCUT2D eigenvalue weighted by atomic mass is 16.5. The van der Waals surface area contributed by atoms with E-state index in [1.54, 1.807) is 18.2 Å². The first kappa shape index (κ1) is 11.5. The number of hydrogen-bond donors (Lipinski definition) is 0. The summed E-state index contributed by atoms with van der Waals surface area (Å²) in [7, 11) is 0. The highest BCUT2D eigenvalue weighted by molar-refractivity contribution is 6.22. The van der Waals surface area contributed by atoms with Crippen molar-refractivity contribution in [2.24, 2.45) is 0 Å². The molecule has 3 rings (SSSR count). The lowest BCUT2D eigenvalue weighted by atomic mass is 9.93. The van der Waals surface area contributed by atoms with Gasteiger partial charge in [0.15, 0.2) is 17.4 Å². The van der Waals surface area contributed by atoms with Gasteiger partial charge in [0, 0.05) is 23.1 Å². The molecule has 0 atom stereocenters. The first-order valence-electron chi connectivity index (χ1n) is 5.93. The second-order valence-corrected chi connectivity index (χ2v) is 4.19. The van der Waals surface area contributed by atoms with Crippen molar-refractivity contribution in [3.63, 3.8) is 0 Å². The maximum Gasteiger partial charge on any atom is 0.257 e. The van der Waals surface area contributed by atoms with E-state index in [1.165, 1.54) is 12.2 Å². The first-order valence-corrected chi connectivity index (χ1v) is 5.93. The molecule has 94 valence electrons. The zero-order chi connectivity index (χ0) is 13.4. The molecule has 19 heavy (non-hydrogen) atoms. The third-order valence-electron chi connectivity index (χ3n) is 2.97. The Morgan fingerprint density at radius 1 is 1.11 bits per heavy atom. The van der Waals surface area contributed by atoms with Gasteiger partial charge in [0.25, 0.3) is 5.89 Å². The maximum absolute atomic E-state index is 11.8. The zero-order valence-electron chi connectivity index (χ0n) is 10.2. The van der Waals surface area contributed by atoms with Gasteiger partial charge in [-0.3, -0.25) is 9.59 Å². The SMILES string of the molecule is CCc1noc(-c2ccc3c(c2)C(=O)C=CC3=O)n1. The molecule has 5 heteroatoms. The summed E-state index contributed by atoms with van der Waals surface area (Å²) in [5.41, 5.74) is 1.43. The van der Waals surface area contributed by atoms with Crippen molar-refractivity contribution in [2.45, 2.75) is 13.3 Å². The summed E-state index contributed by atoms with van der Waals surface area (Å²) in [4.78, 5) is 27.6. The predicted molar refractivity (Wildman–Crippen MR) is 66.9 cm³/mol. The van der Waals surface area contributed by atoms with Crippen LogP contribution >= 0.6 is 0 Å². The van der Waals surface area contributed by atoms with Crippen LogP contribution in [0.15, 0.2) is 34.9 Å². The number of carbonyl (C=O) groups is 2. The second-order valence-electron chi connectivity index (χ2n) is 4.19. The van der Waals surface area contributed by atoms with Crippen molar-refractivity contribution < 1.29 is 14.1 Å². The third kappa shape index (κ3) is 1.89. The smallest absolute Gasteiger partial charge is 0.257 e. The molecule has 0 unspecified atom stereocenters. The summed E-state index contributed by atoms with van der Waals surface area (Å²) in [6.07, 6.45) is 3.24. The molecule has 2 aromatic rings. The number of aromatic nitrogens is 2. The standard InChI is InChI=1S/C14H10N2O3/c1-2-13-15-14(19-16-13)8-3-4-9-10(7-8)12(18)6-5-11(9)17/h3-7H,2H2,1H3. The van der Waals surface area contributed by atoms with Crippen LogP contribution in [0.5, 0.6) is 0 Å². The second kappa shape index (κ2) is 4.28. The average Bonchev–Trinajstić information content (AvgIpc) is 2.91. The molecule has 1 aromatic carbocycles. The van der Waals surface area contributed by atoms with Crippen LogP contribution in [0.3, 0.4) is 0 Å². The number of fused-ring (bicyclic) bond motifs is 1. The van der Waals surface area contributed by atoms with Crippen LogP contribution in [0, 0.1) is 0 Å². The lowest BCUT2D eigenvalue weighted by Crippen LogP contribution is -2.11. The van der Waals surface area contributed by atoms with Crippen molar-refractivity contribution in [3.05, 3.63) is 47.3 Å². The minimum Gasteiger partial charge on any atom is -0.334 e. The van der Waals surface area contributed by atoms with E-state index in [4.69, 9.17) is 4.52 Å². The molecule has 0 aliphatic heterocycles. The number of rotatable bonds is 2. The summed E-state index contributed by atoms with van der Waals surface area (Å²) < 4.78 is 5.12. The monoisotopic (exact) mass is 254 g/mol. The average molecular weight is 254 g/mol. The van der Waals surface area contributed by atoms with Gasteiger partial charge in [-0.15, -0.1) is 0 Å². The van der Waals surface area contributed by atoms with Gasteiger partial charge in [-0.25, -0.2) is 0 Å². The van der Waals surface area contributed by atoms with E-state index in [9.17, 15) is 9.59 Å². The lowest BCUT2D eigenvalue weighted by Gasteiger charge is -2.09. The predicted octanol–water partition coefficient (Wildman–Crippen LogP) is 2.23. The van der Waals surface area contributed by atoms with Gasteiger partial charge >= 0.3 is 0 Å². The number of nitrogens with zero attached hydrogens (tertiary/aromatic N) is 2. The topological polar surface area (TPSA) is 73.1 Å². The number of allylic oxidation sites excluding steroid dienone is 2. The number of hydrogen-bond acceptors (Lipinski definition) is 5. The van der Waals surface area contributed by atoms with Crippen molar-refractivity contribution in [1.29, 1.82) is 0 Å². The summed E-state index contributed by atoms with van der Waals surface area (Å²) in [6.45, 7) is 1.93. The Hall–Kier alpha value is -2.56. The van der Waals surface area contributed by atoms with Gasteiger partial charge in [-0.05, 0) is 30.4 Å². The summed E-state index contributed by atoms with van der Waals surface area (Å²) in [6, 6.07) is 4.94. The Balaban J connectivity index is 2.09. The van der Waals surface area contributed by atoms with Crippen LogP contribution in [-0.4, -0.2) is 21.7 Å². The molecule has 0 bridgehead atoms. The van der Waals surface area contributed by atoms with E-state index in [0.717, 1.165) is 0 Å². The molecule has 1 aliphatic rings. The van der Waals surface area contributed by atoms with Gasteiger partial charge in [-0.1, -0.05) is 12.1 Å². The molecule has 1 aromatic heterocycles. The molecule has 0 saturated carbocycles. The van der Waals surface area contributed by atoms with E-state index in [-0.39, 0.29) is 11.6 Å². The Bertz CT molecular complexity index is 713. The number of carbonyl (C=O) groups excluding carboxylic acids is 2. The highest BCUT2D eigenvalue weighted by Gasteiger charge is 2.20. The summed E-state index contributed by atoms with van der Waals surface area (Å²) >= 11 is 0. The Labute approximate surface area is 108 Å². The molecule has 0 N–H and O–H groups in total. The molecule has 0 amide bonds. The molecular formula is C14H10N2O3. The zero-order valence-corrected chi connectivity index (χ0v) is 10.2. The fraction of sp³-hybridized carbons (Fsp3) is 0.143. The Morgan fingerprint density at radius 2 is 1.84 bits per heavy atom. The lowest BCUT2D eigenvalue weighted by molar-refractivity contribution is 0.0994. The van der Waals surface area contributed by atoms with Crippen LogP contribution in [0.2, 0.25) is 0 Å². The normalized spacial score (nSPS) is 13.7. The number of ketones is 2. The third-order valence-corrected chi connectivity index (χ3v) is 2.97. The summed E-state index contributed by atoms with van der Waals surface area (Å²) in [5.74, 6) is 0.608. The molecule has 0 spiro atoms. The minimum atomic E-state index is -0.188. The molecule has 0 fully saturated rings. The molecule has 1 aliphatic carbocycles. The Kier molecular flexibility index (Phi) is 2.59. The largest absolute Gasteiger partial charge is 0.334 e. The summed E-state index contributed by atoms with van der Waals surface area (Å²) in [5, 5.41) is 3.81. The molecule has 5 nitrogen and oxygen atoms in total. The molecular weight excluding hydrogens is 244 g/mol. The van der Waals surface area contributed by atoms with Crippen molar-refractivity contribution in [3.8, 4) is 11.5 Å². The van der Waals surface area contributed by atoms with Gasteiger partial charge in [0.05, 0.1) is 0 Å². The van der Waals surface area contributed by atoms with E-state index in [1.807, 2.05) is 6.92 Å². The van der Waals surface area contributed by atoms with Gasteiger partial charge in [0.2, 0.25) is 0 Å². The van der Waals surface area contributed by atoms with Crippen molar-refractivity contribution in [2.75, 3.05) is 0 Å². The number of benzene rings is 1.